The number of piperazine rings is 1. The molecule has 0 bridgehead atoms. The number of hydrogen-bond acceptors (Lipinski definition) is 7. The van der Waals surface area contributed by atoms with Crippen LogP contribution in [-0.4, -0.2) is 46.0 Å². The molecule has 1 aliphatic rings. The fraction of sp³-hybridized carbons (Fsp3) is 0.438. The van der Waals surface area contributed by atoms with Crippen molar-refractivity contribution in [3.05, 3.63) is 35.1 Å². The van der Waals surface area contributed by atoms with Crippen LogP contribution in [0, 0.1) is 13.8 Å². The summed E-state index contributed by atoms with van der Waals surface area (Å²) in [7, 11) is 0. The molecule has 0 aromatic carbocycles. The highest BCUT2D eigenvalue weighted by molar-refractivity contribution is 7.16. The highest BCUT2D eigenvalue weighted by Gasteiger charge is 2.21. The first-order valence-corrected chi connectivity index (χ1v) is 8.67. The minimum atomic E-state index is 0.778. The maximum Gasteiger partial charge on any atom is 0.208 e. The van der Waals surface area contributed by atoms with E-state index in [9.17, 15) is 0 Å². The Hall–Kier alpha value is -1.99. The predicted molar refractivity (Wildman–Crippen MR) is 90.9 cm³/mol. The van der Waals surface area contributed by atoms with Crippen LogP contribution in [0.3, 0.4) is 0 Å². The van der Waals surface area contributed by atoms with Crippen molar-refractivity contribution < 1.29 is 4.42 Å². The molecule has 23 heavy (non-hydrogen) atoms. The third kappa shape index (κ3) is 2.82. The SMILES string of the molecule is Cc1nc(CN2CCN(c3ncnc4sccc34)CC2)oc1C. The summed E-state index contributed by atoms with van der Waals surface area (Å²) in [5.41, 5.74) is 0.986. The lowest BCUT2D eigenvalue weighted by Crippen LogP contribution is -2.46. The van der Waals surface area contributed by atoms with Crippen molar-refractivity contribution in [2.45, 2.75) is 20.4 Å². The van der Waals surface area contributed by atoms with Crippen LogP contribution in [0.5, 0.6) is 0 Å². The third-order valence-electron chi connectivity index (χ3n) is 4.34. The molecule has 0 aliphatic carbocycles. The second-order valence-corrected chi connectivity index (χ2v) is 6.74. The summed E-state index contributed by atoms with van der Waals surface area (Å²) in [5, 5.41) is 3.23. The smallest absolute Gasteiger partial charge is 0.208 e. The number of anilines is 1. The second-order valence-electron chi connectivity index (χ2n) is 5.85. The number of nitrogens with zero attached hydrogens (tertiary/aromatic N) is 5. The first-order valence-electron chi connectivity index (χ1n) is 7.79. The Morgan fingerprint density at radius 3 is 2.74 bits per heavy atom. The largest absolute Gasteiger partial charge is 0.444 e. The summed E-state index contributed by atoms with van der Waals surface area (Å²) < 4.78 is 5.69. The van der Waals surface area contributed by atoms with Gasteiger partial charge in [0.25, 0.3) is 0 Å². The summed E-state index contributed by atoms with van der Waals surface area (Å²) >= 11 is 1.66. The summed E-state index contributed by atoms with van der Waals surface area (Å²) in [5.74, 6) is 2.79. The highest BCUT2D eigenvalue weighted by atomic mass is 32.1. The Labute approximate surface area is 138 Å². The Balaban J connectivity index is 1.43. The molecule has 0 N–H and O–H groups in total. The number of rotatable bonds is 3. The van der Waals surface area contributed by atoms with Crippen LogP contribution in [0.15, 0.2) is 22.2 Å². The van der Waals surface area contributed by atoms with Crippen molar-refractivity contribution in [1.82, 2.24) is 19.9 Å². The fourth-order valence-corrected chi connectivity index (χ4v) is 3.67. The first-order chi connectivity index (χ1) is 11.2. The average Bonchev–Trinajstić information content (AvgIpc) is 3.15. The minimum absolute atomic E-state index is 0.778. The van der Waals surface area contributed by atoms with Crippen molar-refractivity contribution in [3.8, 4) is 0 Å². The van der Waals surface area contributed by atoms with E-state index in [4.69, 9.17) is 4.42 Å². The van der Waals surface area contributed by atoms with E-state index in [0.717, 1.165) is 66.1 Å². The molecule has 6 nitrogen and oxygen atoms in total. The molecule has 0 atom stereocenters. The van der Waals surface area contributed by atoms with Crippen LogP contribution in [-0.2, 0) is 6.54 Å². The van der Waals surface area contributed by atoms with E-state index >= 15 is 0 Å². The van der Waals surface area contributed by atoms with Crippen molar-refractivity contribution in [1.29, 1.82) is 0 Å². The van der Waals surface area contributed by atoms with E-state index < -0.39 is 0 Å². The van der Waals surface area contributed by atoms with E-state index in [1.54, 1.807) is 17.7 Å². The zero-order valence-corrected chi connectivity index (χ0v) is 14.1. The van der Waals surface area contributed by atoms with Crippen LogP contribution in [0.1, 0.15) is 17.3 Å². The number of thiophene rings is 1. The van der Waals surface area contributed by atoms with Crippen molar-refractivity contribution in [3.63, 3.8) is 0 Å². The van der Waals surface area contributed by atoms with Crippen molar-refractivity contribution in [2.75, 3.05) is 31.1 Å². The third-order valence-corrected chi connectivity index (χ3v) is 5.16. The maximum absolute atomic E-state index is 5.69. The summed E-state index contributed by atoms with van der Waals surface area (Å²) in [4.78, 5) is 19.1. The Morgan fingerprint density at radius 2 is 2.00 bits per heavy atom. The summed E-state index contributed by atoms with van der Waals surface area (Å²) in [6.07, 6.45) is 1.67. The van der Waals surface area contributed by atoms with Crippen LogP contribution in [0.25, 0.3) is 10.2 Å². The lowest BCUT2D eigenvalue weighted by atomic mass is 10.2. The molecule has 1 saturated heterocycles. The van der Waals surface area contributed by atoms with Gasteiger partial charge in [0.1, 0.15) is 22.7 Å². The molecule has 1 aliphatic heterocycles. The molecular weight excluding hydrogens is 310 g/mol. The van der Waals surface area contributed by atoms with Crippen LogP contribution in [0.4, 0.5) is 5.82 Å². The Morgan fingerprint density at radius 1 is 1.17 bits per heavy atom. The maximum atomic E-state index is 5.69. The van der Waals surface area contributed by atoms with Crippen LogP contribution >= 0.6 is 11.3 Å². The molecule has 3 aromatic heterocycles. The topological polar surface area (TPSA) is 58.3 Å². The fourth-order valence-electron chi connectivity index (χ4n) is 2.94. The number of aromatic nitrogens is 3. The summed E-state index contributed by atoms with van der Waals surface area (Å²) in [6.45, 7) is 8.61. The van der Waals surface area contributed by atoms with E-state index in [0.29, 0.717) is 0 Å². The van der Waals surface area contributed by atoms with E-state index in [1.807, 2.05) is 13.8 Å². The Kier molecular flexibility index (Phi) is 3.74. The molecule has 7 heteroatoms. The molecule has 1 fully saturated rings. The van der Waals surface area contributed by atoms with Crippen molar-refractivity contribution >= 4 is 27.4 Å². The van der Waals surface area contributed by atoms with Gasteiger partial charge < -0.3 is 9.32 Å². The monoisotopic (exact) mass is 329 g/mol. The number of fused-ring (bicyclic) bond motifs is 1. The van der Waals surface area contributed by atoms with Gasteiger partial charge in [-0.25, -0.2) is 15.0 Å². The quantitative estimate of drug-likeness (QED) is 0.736. The molecule has 0 saturated carbocycles. The predicted octanol–water partition coefficient (Wildman–Crippen LogP) is 2.62. The lowest BCUT2D eigenvalue weighted by molar-refractivity contribution is 0.224. The van der Waals surface area contributed by atoms with E-state index in [2.05, 4.69) is 36.2 Å². The minimum Gasteiger partial charge on any atom is -0.444 e. The summed E-state index contributed by atoms with van der Waals surface area (Å²) in [6, 6.07) is 2.11. The molecule has 4 rings (SSSR count). The number of hydrogen-bond donors (Lipinski definition) is 0. The van der Waals surface area contributed by atoms with Gasteiger partial charge in [0.2, 0.25) is 5.89 Å². The Bertz CT molecular complexity index is 799. The molecule has 3 aromatic rings. The zero-order valence-electron chi connectivity index (χ0n) is 13.3. The van der Waals surface area contributed by atoms with E-state index in [1.165, 1.54) is 0 Å². The second kappa shape index (κ2) is 5.90. The normalized spacial score (nSPS) is 16.3. The van der Waals surface area contributed by atoms with Gasteiger partial charge in [-0.3, -0.25) is 4.90 Å². The van der Waals surface area contributed by atoms with Crippen molar-refractivity contribution in [2.24, 2.45) is 0 Å². The van der Waals surface area contributed by atoms with Gasteiger partial charge in [-0.15, -0.1) is 11.3 Å². The number of aryl methyl sites for hydroxylation is 2. The number of oxazole rings is 1. The van der Waals surface area contributed by atoms with Gasteiger partial charge in [0.05, 0.1) is 17.6 Å². The van der Waals surface area contributed by atoms with Gasteiger partial charge in [-0.2, -0.15) is 0 Å². The molecular formula is C16H19N5OS. The molecule has 0 radical (unpaired) electrons. The molecule has 0 amide bonds. The van der Waals surface area contributed by atoms with Crippen LogP contribution in [0.2, 0.25) is 0 Å². The first kappa shape index (κ1) is 14.6. The van der Waals surface area contributed by atoms with Crippen LogP contribution < -0.4 is 4.90 Å². The van der Waals surface area contributed by atoms with Gasteiger partial charge >= 0.3 is 0 Å². The molecule has 120 valence electrons. The molecule has 0 unspecified atom stereocenters. The van der Waals surface area contributed by atoms with Gasteiger partial charge in [0.15, 0.2) is 0 Å². The van der Waals surface area contributed by atoms with Gasteiger partial charge in [0, 0.05) is 26.2 Å². The molecule has 0 spiro atoms. The van der Waals surface area contributed by atoms with Gasteiger partial charge in [-0.05, 0) is 25.3 Å². The van der Waals surface area contributed by atoms with E-state index in [-0.39, 0.29) is 0 Å². The highest BCUT2D eigenvalue weighted by Crippen LogP contribution is 2.27. The standard InChI is InChI=1S/C16H19N5OS/c1-11-12(2)22-14(19-11)9-20-4-6-21(7-5-20)15-13-3-8-23-16(13)18-10-17-15/h3,8,10H,4-7,9H2,1-2H3. The average molecular weight is 329 g/mol. The lowest BCUT2D eigenvalue weighted by Gasteiger charge is -2.34. The van der Waals surface area contributed by atoms with Gasteiger partial charge in [-0.1, -0.05) is 0 Å². The zero-order chi connectivity index (χ0) is 15.8. The molecule has 4 heterocycles.